The van der Waals surface area contributed by atoms with E-state index < -0.39 is 24.3 Å². The van der Waals surface area contributed by atoms with Crippen LogP contribution in [0.3, 0.4) is 0 Å². The van der Waals surface area contributed by atoms with Crippen molar-refractivity contribution in [2.75, 3.05) is 6.61 Å². The van der Waals surface area contributed by atoms with Crippen molar-refractivity contribution >= 4 is 10.8 Å². The molecule has 0 atom stereocenters. The number of rotatable bonds is 9. The molecule has 6 heteroatoms. The summed E-state index contributed by atoms with van der Waals surface area (Å²) in [5, 5.41) is 1.29. The average Bonchev–Trinajstić information content (AvgIpc) is 2.87. The van der Waals surface area contributed by atoms with Crippen molar-refractivity contribution in [3.63, 3.8) is 0 Å². The van der Waals surface area contributed by atoms with Crippen molar-refractivity contribution in [1.82, 2.24) is 0 Å². The van der Waals surface area contributed by atoms with Gasteiger partial charge < -0.3 is 4.74 Å². The van der Waals surface area contributed by atoms with Gasteiger partial charge in [0.15, 0.2) is 18.2 Å². The monoisotopic (exact) mass is 510 g/mol. The molecule has 4 aromatic carbocycles. The third-order valence-corrected chi connectivity index (χ3v) is 6.23. The lowest BCUT2D eigenvalue weighted by Gasteiger charge is -2.11. The summed E-state index contributed by atoms with van der Waals surface area (Å²) in [6, 6.07) is 21.4. The highest BCUT2D eigenvalue weighted by atomic mass is 19.4. The van der Waals surface area contributed by atoms with Gasteiger partial charge in [0.2, 0.25) is 0 Å². The van der Waals surface area contributed by atoms with E-state index >= 15 is 4.39 Å². The van der Waals surface area contributed by atoms with Gasteiger partial charge in [-0.05, 0) is 84.0 Å². The Kier molecular flexibility index (Phi) is 8.27. The van der Waals surface area contributed by atoms with Crippen LogP contribution in [0.4, 0.5) is 22.0 Å². The molecule has 0 saturated heterocycles. The van der Waals surface area contributed by atoms with Gasteiger partial charge in [-0.15, -0.1) is 0 Å². The van der Waals surface area contributed by atoms with Gasteiger partial charge in [-0.1, -0.05) is 66.7 Å². The van der Waals surface area contributed by atoms with Crippen LogP contribution in [0.25, 0.3) is 21.9 Å². The SMILES string of the molecule is C/C=C/CCc1ccc(-c2ccc3c(F)c(CCc4ccc(OCC(F)(F)F)c(F)c4)ccc3c2)cc1. The number of fused-ring (bicyclic) bond motifs is 1. The van der Waals surface area contributed by atoms with E-state index in [0.717, 1.165) is 35.4 Å². The van der Waals surface area contributed by atoms with E-state index in [4.69, 9.17) is 0 Å². The minimum atomic E-state index is -4.55. The zero-order valence-corrected chi connectivity index (χ0v) is 20.4. The predicted octanol–water partition coefficient (Wildman–Crippen LogP) is 9.02. The summed E-state index contributed by atoms with van der Waals surface area (Å²) in [4.78, 5) is 0. The van der Waals surface area contributed by atoms with E-state index in [-0.39, 0.29) is 5.82 Å². The first kappa shape index (κ1) is 26.4. The second kappa shape index (κ2) is 11.6. The maximum absolute atomic E-state index is 15.3. The van der Waals surface area contributed by atoms with Gasteiger partial charge >= 0.3 is 6.18 Å². The molecule has 0 spiro atoms. The Bertz CT molecular complexity index is 1390. The first-order chi connectivity index (χ1) is 17.7. The van der Waals surface area contributed by atoms with Crippen LogP contribution in [0.1, 0.15) is 30.0 Å². The van der Waals surface area contributed by atoms with Crippen molar-refractivity contribution in [3.8, 4) is 16.9 Å². The lowest BCUT2D eigenvalue weighted by atomic mass is 9.96. The number of alkyl halides is 3. The van der Waals surface area contributed by atoms with Crippen LogP contribution in [0.15, 0.2) is 84.9 Å². The first-order valence-electron chi connectivity index (χ1n) is 12.1. The molecule has 0 saturated carbocycles. The zero-order valence-electron chi connectivity index (χ0n) is 20.4. The Hall–Kier alpha value is -3.67. The van der Waals surface area contributed by atoms with Gasteiger partial charge in [0, 0.05) is 5.39 Å². The summed E-state index contributed by atoms with van der Waals surface area (Å²) in [6.45, 7) is 0.452. The van der Waals surface area contributed by atoms with Gasteiger partial charge in [-0.25, -0.2) is 8.78 Å². The van der Waals surface area contributed by atoms with Crippen LogP contribution < -0.4 is 4.74 Å². The molecule has 0 N–H and O–H groups in total. The maximum Gasteiger partial charge on any atom is 0.422 e. The van der Waals surface area contributed by atoms with E-state index in [1.54, 1.807) is 12.1 Å². The van der Waals surface area contributed by atoms with E-state index in [9.17, 15) is 17.6 Å². The maximum atomic E-state index is 15.3. The molecule has 0 fully saturated rings. The minimum Gasteiger partial charge on any atom is -0.481 e. The third kappa shape index (κ3) is 6.97. The van der Waals surface area contributed by atoms with Crippen molar-refractivity contribution in [2.45, 2.75) is 38.8 Å². The third-order valence-electron chi connectivity index (χ3n) is 6.23. The molecule has 0 bridgehead atoms. The summed E-state index contributed by atoms with van der Waals surface area (Å²) in [5.74, 6) is -1.66. The highest BCUT2D eigenvalue weighted by molar-refractivity contribution is 5.88. The fraction of sp³-hybridized carbons (Fsp3) is 0.226. The topological polar surface area (TPSA) is 9.23 Å². The molecule has 4 aromatic rings. The van der Waals surface area contributed by atoms with E-state index in [1.165, 1.54) is 17.7 Å². The number of hydrogen-bond acceptors (Lipinski definition) is 1. The second-order valence-electron chi connectivity index (χ2n) is 8.95. The Morgan fingerprint density at radius 3 is 2.19 bits per heavy atom. The van der Waals surface area contributed by atoms with Crippen molar-refractivity contribution in [3.05, 3.63) is 113 Å². The Balaban J connectivity index is 1.44. The summed E-state index contributed by atoms with van der Waals surface area (Å²) >= 11 is 0. The Morgan fingerprint density at radius 2 is 1.49 bits per heavy atom. The molecule has 0 unspecified atom stereocenters. The van der Waals surface area contributed by atoms with Crippen molar-refractivity contribution in [2.24, 2.45) is 0 Å². The molecular weight excluding hydrogens is 483 g/mol. The number of benzene rings is 4. The minimum absolute atomic E-state index is 0.320. The van der Waals surface area contributed by atoms with Crippen LogP contribution >= 0.6 is 0 Å². The van der Waals surface area contributed by atoms with Crippen LogP contribution in [-0.2, 0) is 19.3 Å². The van der Waals surface area contributed by atoms with E-state index in [2.05, 4.69) is 35.1 Å². The van der Waals surface area contributed by atoms with Crippen LogP contribution in [0.5, 0.6) is 5.75 Å². The number of halogens is 5. The highest BCUT2D eigenvalue weighted by Crippen LogP contribution is 2.29. The van der Waals surface area contributed by atoms with Gasteiger partial charge in [0.1, 0.15) is 5.82 Å². The fourth-order valence-electron chi connectivity index (χ4n) is 4.25. The molecule has 192 valence electrons. The summed E-state index contributed by atoms with van der Waals surface area (Å²) < 4.78 is 70.8. The molecule has 0 aromatic heterocycles. The van der Waals surface area contributed by atoms with Crippen LogP contribution in [0.2, 0.25) is 0 Å². The Labute approximate surface area is 213 Å². The normalized spacial score (nSPS) is 11.9. The molecule has 0 heterocycles. The number of ether oxygens (including phenoxy) is 1. The number of hydrogen-bond donors (Lipinski definition) is 0. The molecule has 37 heavy (non-hydrogen) atoms. The average molecular weight is 511 g/mol. The second-order valence-corrected chi connectivity index (χ2v) is 8.95. The molecular formula is C31H27F5O. The first-order valence-corrected chi connectivity index (χ1v) is 12.1. The molecule has 0 radical (unpaired) electrons. The smallest absolute Gasteiger partial charge is 0.422 e. The molecule has 1 nitrogen and oxygen atoms in total. The van der Waals surface area contributed by atoms with E-state index in [1.807, 2.05) is 31.2 Å². The molecule has 4 rings (SSSR count). The van der Waals surface area contributed by atoms with Crippen molar-refractivity contribution in [1.29, 1.82) is 0 Å². The van der Waals surface area contributed by atoms with Crippen LogP contribution in [-0.4, -0.2) is 12.8 Å². The Morgan fingerprint density at radius 1 is 0.757 bits per heavy atom. The van der Waals surface area contributed by atoms with Gasteiger partial charge in [0.05, 0.1) is 0 Å². The number of allylic oxidation sites excluding steroid dienone is 2. The van der Waals surface area contributed by atoms with Gasteiger partial charge in [-0.3, -0.25) is 0 Å². The molecule has 0 amide bonds. The van der Waals surface area contributed by atoms with E-state index in [0.29, 0.717) is 29.4 Å². The predicted molar refractivity (Wildman–Crippen MR) is 138 cm³/mol. The molecule has 0 aliphatic heterocycles. The highest BCUT2D eigenvalue weighted by Gasteiger charge is 2.29. The molecule has 0 aliphatic carbocycles. The standard InChI is InChI=1S/C31H27F5O/c1-2-3-4-5-21-6-10-23(11-7-21)25-15-16-27-26(19-25)14-13-24(30(27)33)12-8-22-9-17-29(28(32)18-22)37-20-31(34,35)36/h2-3,6-7,9-11,13-19H,4-5,8,12,20H2,1H3/b3-2+. The van der Waals surface area contributed by atoms with Gasteiger partial charge in [0.25, 0.3) is 0 Å². The quantitative estimate of drug-likeness (QED) is 0.161. The lowest BCUT2D eigenvalue weighted by Crippen LogP contribution is -2.19. The largest absolute Gasteiger partial charge is 0.481 e. The summed E-state index contributed by atoms with van der Waals surface area (Å²) in [5.41, 5.74) is 4.36. The number of aryl methyl sites for hydroxylation is 3. The fourth-order valence-corrected chi connectivity index (χ4v) is 4.25. The summed E-state index contributed by atoms with van der Waals surface area (Å²) in [7, 11) is 0. The zero-order chi connectivity index (χ0) is 26.4. The van der Waals surface area contributed by atoms with Crippen LogP contribution in [0, 0.1) is 11.6 Å². The summed E-state index contributed by atoms with van der Waals surface area (Å²) in [6.07, 6.45) is 2.29. The van der Waals surface area contributed by atoms with Gasteiger partial charge in [-0.2, -0.15) is 13.2 Å². The lowest BCUT2D eigenvalue weighted by molar-refractivity contribution is -0.153. The van der Waals surface area contributed by atoms with Crippen molar-refractivity contribution < 1.29 is 26.7 Å². The molecule has 0 aliphatic rings.